The maximum Gasteiger partial charge on any atom is 0.267 e. The summed E-state index contributed by atoms with van der Waals surface area (Å²) in [4.78, 5) is 12.9. The van der Waals surface area contributed by atoms with E-state index in [0.717, 1.165) is 16.8 Å². The first kappa shape index (κ1) is 17.9. The summed E-state index contributed by atoms with van der Waals surface area (Å²) in [6.07, 6.45) is 4.08. The number of aliphatic hydroxyl groups is 1. The predicted molar refractivity (Wildman–Crippen MR) is 87.7 cm³/mol. The molecule has 5 heteroatoms. The molecular formula is C17H24N2O3. The van der Waals surface area contributed by atoms with Crippen LogP contribution in [0.2, 0.25) is 0 Å². The summed E-state index contributed by atoms with van der Waals surface area (Å²) in [6, 6.07) is 7.75. The Morgan fingerprint density at radius 1 is 1.23 bits per heavy atom. The lowest BCUT2D eigenvalue weighted by atomic mass is 9.95. The molecule has 22 heavy (non-hydrogen) atoms. The number of amides is 1. The Hall–Kier alpha value is -2.11. The van der Waals surface area contributed by atoms with Crippen LogP contribution < -0.4 is 10.4 Å². The van der Waals surface area contributed by atoms with Gasteiger partial charge in [0.1, 0.15) is 0 Å². The summed E-state index contributed by atoms with van der Waals surface area (Å²) < 4.78 is 0. The van der Waals surface area contributed by atoms with Gasteiger partial charge in [-0.05, 0) is 24.6 Å². The van der Waals surface area contributed by atoms with Crippen LogP contribution >= 0.6 is 0 Å². The first-order valence-electron chi connectivity index (χ1n) is 7.11. The molecule has 0 bridgehead atoms. The molecule has 0 spiro atoms. The lowest BCUT2D eigenvalue weighted by Crippen LogP contribution is -2.15. The van der Waals surface area contributed by atoms with Gasteiger partial charge in [-0.25, -0.2) is 5.48 Å². The van der Waals surface area contributed by atoms with Crippen molar-refractivity contribution in [3.05, 3.63) is 53.6 Å². The second-order valence-corrected chi connectivity index (χ2v) is 5.51. The van der Waals surface area contributed by atoms with Gasteiger partial charge in [0, 0.05) is 31.8 Å². The molecule has 0 aromatic heterocycles. The molecule has 1 rings (SSSR count). The van der Waals surface area contributed by atoms with Gasteiger partial charge in [-0.15, -0.1) is 0 Å². The zero-order valence-electron chi connectivity index (χ0n) is 13.4. The summed E-state index contributed by atoms with van der Waals surface area (Å²) in [6.45, 7) is 3.74. The molecule has 0 heterocycles. The van der Waals surface area contributed by atoms with Gasteiger partial charge >= 0.3 is 0 Å². The smallest absolute Gasteiger partial charge is 0.267 e. The molecule has 1 aromatic rings. The predicted octanol–water partition coefficient (Wildman–Crippen LogP) is 2.43. The van der Waals surface area contributed by atoms with Crippen molar-refractivity contribution in [2.45, 2.75) is 20.0 Å². The number of hydroxylamine groups is 1. The number of nitrogens with one attached hydrogen (secondary N) is 1. The number of anilines is 1. The topological polar surface area (TPSA) is 72.8 Å². The Labute approximate surface area is 131 Å². The number of rotatable bonds is 6. The van der Waals surface area contributed by atoms with Crippen molar-refractivity contribution in [3.8, 4) is 0 Å². The van der Waals surface area contributed by atoms with Crippen LogP contribution in [0.25, 0.3) is 0 Å². The van der Waals surface area contributed by atoms with Crippen molar-refractivity contribution >= 4 is 11.6 Å². The number of benzene rings is 1. The number of carbonyl (C=O) groups is 1. The highest BCUT2D eigenvalue weighted by Gasteiger charge is 2.14. The molecule has 0 aliphatic carbocycles. The number of aliphatic hydroxyl groups excluding tert-OH is 1. The minimum Gasteiger partial charge on any atom is -0.388 e. The maximum absolute atomic E-state index is 10.9. The van der Waals surface area contributed by atoms with E-state index in [0.29, 0.717) is 0 Å². The summed E-state index contributed by atoms with van der Waals surface area (Å²) in [5.74, 6) is -0.688. The van der Waals surface area contributed by atoms with E-state index in [1.807, 2.05) is 63.2 Å². The first-order valence-corrected chi connectivity index (χ1v) is 7.11. The van der Waals surface area contributed by atoms with E-state index in [1.165, 1.54) is 11.6 Å². The highest BCUT2D eigenvalue weighted by molar-refractivity contribution is 5.86. The number of hydrogen-bond acceptors (Lipinski definition) is 4. The quantitative estimate of drug-likeness (QED) is 0.327. The van der Waals surface area contributed by atoms with E-state index in [1.54, 1.807) is 6.08 Å². The summed E-state index contributed by atoms with van der Waals surface area (Å²) in [7, 11) is 3.93. The van der Waals surface area contributed by atoms with Gasteiger partial charge in [0.2, 0.25) is 0 Å². The largest absolute Gasteiger partial charge is 0.388 e. The summed E-state index contributed by atoms with van der Waals surface area (Å²) in [5.41, 5.74) is 4.29. The van der Waals surface area contributed by atoms with E-state index < -0.39 is 12.0 Å². The number of hydrogen-bond donors (Lipinski definition) is 3. The normalized spacial score (nSPS) is 14.7. The van der Waals surface area contributed by atoms with Gasteiger partial charge < -0.3 is 10.0 Å². The van der Waals surface area contributed by atoms with Crippen LogP contribution in [-0.2, 0) is 4.79 Å². The maximum atomic E-state index is 10.9. The van der Waals surface area contributed by atoms with Crippen LogP contribution in [0.15, 0.2) is 48.1 Å². The highest BCUT2D eigenvalue weighted by Crippen LogP contribution is 2.25. The molecule has 1 amide bonds. The van der Waals surface area contributed by atoms with Crippen molar-refractivity contribution in [3.63, 3.8) is 0 Å². The molecule has 3 N–H and O–H groups in total. The van der Waals surface area contributed by atoms with Crippen LogP contribution in [-0.4, -0.2) is 30.3 Å². The van der Waals surface area contributed by atoms with Crippen molar-refractivity contribution in [2.75, 3.05) is 19.0 Å². The average Bonchev–Trinajstić information content (AvgIpc) is 2.51. The van der Waals surface area contributed by atoms with Crippen molar-refractivity contribution < 1.29 is 15.1 Å². The summed E-state index contributed by atoms with van der Waals surface area (Å²) in [5, 5.41) is 18.8. The van der Waals surface area contributed by atoms with Crippen LogP contribution in [0.1, 0.15) is 25.5 Å². The first-order chi connectivity index (χ1) is 10.3. The van der Waals surface area contributed by atoms with Gasteiger partial charge in [-0.2, -0.15) is 0 Å². The molecule has 0 aliphatic rings. The highest BCUT2D eigenvalue weighted by atomic mass is 16.5. The van der Waals surface area contributed by atoms with Crippen LogP contribution in [0.5, 0.6) is 0 Å². The average molecular weight is 304 g/mol. The SMILES string of the molecule is CC(/C=C/C(=O)NO)=C\C(C)C(O)c1ccc(N(C)C)cc1. The van der Waals surface area contributed by atoms with Crippen molar-refractivity contribution in [1.29, 1.82) is 0 Å². The molecule has 2 atom stereocenters. The zero-order valence-corrected chi connectivity index (χ0v) is 13.4. The Balaban J connectivity index is 2.77. The number of nitrogens with zero attached hydrogens (tertiary/aromatic N) is 1. The molecule has 0 aliphatic heterocycles. The molecule has 120 valence electrons. The van der Waals surface area contributed by atoms with Crippen LogP contribution in [0.4, 0.5) is 5.69 Å². The Morgan fingerprint density at radius 2 is 1.82 bits per heavy atom. The van der Waals surface area contributed by atoms with E-state index in [-0.39, 0.29) is 5.92 Å². The Kier molecular flexibility index (Phi) is 6.82. The second kappa shape index (κ2) is 8.36. The molecule has 0 fully saturated rings. The van der Waals surface area contributed by atoms with E-state index >= 15 is 0 Å². The minimum absolute atomic E-state index is 0.105. The van der Waals surface area contributed by atoms with Crippen LogP contribution in [0.3, 0.4) is 0 Å². The van der Waals surface area contributed by atoms with Crippen LogP contribution in [0, 0.1) is 5.92 Å². The molecule has 5 nitrogen and oxygen atoms in total. The molecule has 0 radical (unpaired) electrons. The Bertz CT molecular complexity index is 548. The minimum atomic E-state index is -0.619. The zero-order chi connectivity index (χ0) is 16.7. The van der Waals surface area contributed by atoms with E-state index in [2.05, 4.69) is 0 Å². The fourth-order valence-corrected chi connectivity index (χ4v) is 2.08. The second-order valence-electron chi connectivity index (χ2n) is 5.51. The monoisotopic (exact) mass is 304 g/mol. The lowest BCUT2D eigenvalue weighted by Gasteiger charge is -2.18. The molecule has 1 aromatic carbocycles. The van der Waals surface area contributed by atoms with Crippen molar-refractivity contribution in [2.24, 2.45) is 5.92 Å². The standard InChI is InChI=1S/C17H24N2O3/c1-12(5-10-16(20)18-22)11-13(2)17(21)14-6-8-15(9-7-14)19(3)4/h5-11,13,17,21-22H,1-4H3,(H,18,20)/b10-5+,12-11+. The number of allylic oxidation sites excluding steroid dienone is 2. The fraction of sp³-hybridized carbons (Fsp3) is 0.353. The lowest BCUT2D eigenvalue weighted by molar-refractivity contribution is -0.124. The van der Waals surface area contributed by atoms with E-state index in [9.17, 15) is 9.90 Å². The third-order valence-corrected chi connectivity index (χ3v) is 3.38. The van der Waals surface area contributed by atoms with Gasteiger partial charge in [0.05, 0.1) is 6.10 Å². The third-order valence-electron chi connectivity index (χ3n) is 3.38. The summed E-state index contributed by atoms with van der Waals surface area (Å²) >= 11 is 0. The van der Waals surface area contributed by atoms with Gasteiger partial charge in [-0.3, -0.25) is 10.0 Å². The van der Waals surface area contributed by atoms with Gasteiger partial charge in [-0.1, -0.05) is 36.8 Å². The fourth-order valence-electron chi connectivity index (χ4n) is 2.08. The third kappa shape index (κ3) is 5.35. The Morgan fingerprint density at radius 3 is 2.32 bits per heavy atom. The molecular weight excluding hydrogens is 280 g/mol. The van der Waals surface area contributed by atoms with E-state index in [4.69, 9.17) is 5.21 Å². The van der Waals surface area contributed by atoms with Gasteiger partial charge in [0.15, 0.2) is 0 Å². The van der Waals surface area contributed by atoms with Gasteiger partial charge in [0.25, 0.3) is 5.91 Å². The van der Waals surface area contributed by atoms with Crippen molar-refractivity contribution in [1.82, 2.24) is 5.48 Å². The molecule has 0 saturated carbocycles. The molecule has 2 unspecified atom stereocenters. The number of carbonyl (C=O) groups excluding carboxylic acids is 1. The molecule has 0 saturated heterocycles.